The Morgan fingerprint density at radius 1 is 1.35 bits per heavy atom. The Kier molecular flexibility index (Phi) is 5.38. The summed E-state index contributed by atoms with van der Waals surface area (Å²) in [6.45, 7) is 8.37. The second-order valence-corrected chi connectivity index (χ2v) is 5.55. The molecule has 0 bridgehead atoms. The van der Waals surface area contributed by atoms with Gasteiger partial charge in [0.1, 0.15) is 5.54 Å². The van der Waals surface area contributed by atoms with Crippen molar-refractivity contribution >= 4 is 0 Å². The summed E-state index contributed by atoms with van der Waals surface area (Å²) in [6, 6.07) is 3.09. The van der Waals surface area contributed by atoms with Crippen LogP contribution in [-0.2, 0) is 0 Å². The van der Waals surface area contributed by atoms with Gasteiger partial charge in [-0.1, -0.05) is 0 Å². The largest absolute Gasteiger partial charge is 0.308 e. The van der Waals surface area contributed by atoms with E-state index in [2.05, 4.69) is 49.1 Å². The van der Waals surface area contributed by atoms with Crippen molar-refractivity contribution in [2.45, 2.75) is 38.3 Å². The number of piperidine rings is 1. The van der Waals surface area contributed by atoms with Gasteiger partial charge < -0.3 is 9.80 Å². The van der Waals surface area contributed by atoms with Gasteiger partial charge in [-0.25, -0.2) is 0 Å². The fraction of sp³-hybridized carbons (Fsp3) is 0.923. The van der Waals surface area contributed by atoms with Crippen molar-refractivity contribution < 1.29 is 0 Å². The molecule has 0 aromatic carbocycles. The third-order valence-corrected chi connectivity index (χ3v) is 3.62. The zero-order chi connectivity index (χ0) is 12.9. The molecule has 0 aromatic rings. The SMILES string of the molecule is CC(C)N1CCC(C#N)(NCCN(C)C)CC1. The van der Waals surface area contributed by atoms with Crippen LogP contribution in [0.15, 0.2) is 0 Å². The van der Waals surface area contributed by atoms with E-state index in [0.717, 1.165) is 39.0 Å². The minimum Gasteiger partial charge on any atom is -0.308 e. The van der Waals surface area contributed by atoms with Gasteiger partial charge in [-0.15, -0.1) is 0 Å². The smallest absolute Gasteiger partial charge is 0.109 e. The highest BCUT2D eigenvalue weighted by molar-refractivity contribution is 5.09. The van der Waals surface area contributed by atoms with Gasteiger partial charge in [-0.2, -0.15) is 5.26 Å². The molecule has 1 aliphatic rings. The third-order valence-electron chi connectivity index (χ3n) is 3.62. The van der Waals surface area contributed by atoms with Crippen LogP contribution in [-0.4, -0.2) is 61.7 Å². The maximum Gasteiger partial charge on any atom is 0.109 e. The van der Waals surface area contributed by atoms with E-state index >= 15 is 0 Å². The van der Waals surface area contributed by atoms with E-state index in [1.165, 1.54) is 0 Å². The van der Waals surface area contributed by atoms with Crippen molar-refractivity contribution in [3.63, 3.8) is 0 Å². The fourth-order valence-electron chi connectivity index (χ4n) is 2.27. The van der Waals surface area contributed by atoms with Crippen LogP contribution < -0.4 is 5.32 Å². The Balaban J connectivity index is 2.42. The lowest BCUT2D eigenvalue weighted by atomic mass is 9.88. The number of nitriles is 1. The van der Waals surface area contributed by atoms with Crippen molar-refractivity contribution in [3.05, 3.63) is 0 Å². The van der Waals surface area contributed by atoms with Gasteiger partial charge in [0.05, 0.1) is 6.07 Å². The van der Waals surface area contributed by atoms with Crippen LogP contribution in [0.1, 0.15) is 26.7 Å². The molecule has 0 unspecified atom stereocenters. The first-order valence-corrected chi connectivity index (χ1v) is 6.54. The quantitative estimate of drug-likeness (QED) is 0.773. The highest BCUT2D eigenvalue weighted by atomic mass is 15.2. The van der Waals surface area contributed by atoms with Gasteiger partial charge in [0.15, 0.2) is 0 Å². The molecule has 0 atom stereocenters. The molecular weight excluding hydrogens is 212 g/mol. The molecule has 1 fully saturated rings. The van der Waals surface area contributed by atoms with Gasteiger partial charge in [0.2, 0.25) is 0 Å². The van der Waals surface area contributed by atoms with Gasteiger partial charge in [0, 0.05) is 32.2 Å². The maximum absolute atomic E-state index is 9.39. The summed E-state index contributed by atoms with van der Waals surface area (Å²) in [5, 5.41) is 12.8. The Labute approximate surface area is 106 Å². The van der Waals surface area contributed by atoms with Crippen LogP contribution in [0.2, 0.25) is 0 Å². The average Bonchev–Trinajstić information content (AvgIpc) is 2.29. The topological polar surface area (TPSA) is 42.3 Å². The molecule has 0 aromatic heterocycles. The minimum atomic E-state index is -0.290. The summed E-state index contributed by atoms with van der Waals surface area (Å²) < 4.78 is 0. The number of nitrogens with one attached hydrogen (secondary N) is 1. The van der Waals surface area contributed by atoms with Gasteiger partial charge in [-0.3, -0.25) is 5.32 Å². The van der Waals surface area contributed by atoms with Crippen molar-refractivity contribution in [2.24, 2.45) is 0 Å². The predicted molar refractivity (Wildman–Crippen MR) is 70.8 cm³/mol. The number of nitrogens with zero attached hydrogens (tertiary/aromatic N) is 3. The number of likely N-dealkylation sites (N-methyl/N-ethyl adjacent to an activating group) is 1. The molecule has 0 amide bonds. The van der Waals surface area contributed by atoms with E-state index in [1.807, 2.05) is 0 Å². The molecule has 0 spiro atoms. The van der Waals surface area contributed by atoms with E-state index in [4.69, 9.17) is 0 Å². The molecule has 98 valence electrons. The molecule has 0 saturated carbocycles. The first kappa shape index (κ1) is 14.4. The monoisotopic (exact) mass is 238 g/mol. The van der Waals surface area contributed by atoms with E-state index in [9.17, 15) is 5.26 Å². The lowest BCUT2D eigenvalue weighted by molar-refractivity contribution is 0.135. The maximum atomic E-state index is 9.39. The summed E-state index contributed by atoms with van der Waals surface area (Å²) >= 11 is 0. The molecule has 0 aliphatic carbocycles. The molecule has 1 heterocycles. The Morgan fingerprint density at radius 3 is 2.35 bits per heavy atom. The van der Waals surface area contributed by atoms with E-state index < -0.39 is 0 Å². The Hall–Kier alpha value is -0.630. The summed E-state index contributed by atoms with van der Waals surface area (Å²) in [6.07, 6.45) is 1.88. The summed E-state index contributed by atoms with van der Waals surface area (Å²) in [5.74, 6) is 0. The first-order chi connectivity index (χ1) is 7.99. The van der Waals surface area contributed by atoms with Gasteiger partial charge in [-0.05, 0) is 40.8 Å². The summed E-state index contributed by atoms with van der Waals surface area (Å²) in [5.41, 5.74) is -0.290. The van der Waals surface area contributed by atoms with Crippen LogP contribution in [0.25, 0.3) is 0 Å². The van der Waals surface area contributed by atoms with Gasteiger partial charge in [0.25, 0.3) is 0 Å². The van der Waals surface area contributed by atoms with E-state index in [-0.39, 0.29) is 5.54 Å². The molecule has 0 radical (unpaired) electrons. The highest BCUT2D eigenvalue weighted by Crippen LogP contribution is 2.22. The highest BCUT2D eigenvalue weighted by Gasteiger charge is 2.34. The summed E-state index contributed by atoms with van der Waals surface area (Å²) in [7, 11) is 4.12. The van der Waals surface area contributed by atoms with Gasteiger partial charge >= 0.3 is 0 Å². The standard InChI is InChI=1S/C13H26N4/c1-12(2)17-8-5-13(11-14,6-9-17)15-7-10-16(3)4/h12,15H,5-10H2,1-4H3. The normalized spacial score (nSPS) is 20.8. The number of rotatable bonds is 5. The molecule has 1 aliphatic heterocycles. The summed E-state index contributed by atoms with van der Waals surface area (Å²) in [4.78, 5) is 4.59. The zero-order valence-corrected chi connectivity index (χ0v) is 11.7. The number of hydrogen-bond acceptors (Lipinski definition) is 4. The lowest BCUT2D eigenvalue weighted by Gasteiger charge is -2.39. The van der Waals surface area contributed by atoms with E-state index in [1.54, 1.807) is 0 Å². The van der Waals surface area contributed by atoms with Crippen molar-refractivity contribution in [1.82, 2.24) is 15.1 Å². The van der Waals surface area contributed by atoms with Crippen LogP contribution >= 0.6 is 0 Å². The molecule has 1 rings (SSSR count). The fourth-order valence-corrected chi connectivity index (χ4v) is 2.27. The molecule has 17 heavy (non-hydrogen) atoms. The second-order valence-electron chi connectivity index (χ2n) is 5.55. The zero-order valence-electron chi connectivity index (χ0n) is 11.7. The van der Waals surface area contributed by atoms with Crippen LogP contribution in [0.3, 0.4) is 0 Å². The number of likely N-dealkylation sites (tertiary alicyclic amines) is 1. The van der Waals surface area contributed by atoms with Crippen LogP contribution in [0, 0.1) is 11.3 Å². The Bertz CT molecular complexity index is 254. The molecule has 1 saturated heterocycles. The predicted octanol–water partition coefficient (Wildman–Crippen LogP) is 0.904. The number of hydrogen-bond donors (Lipinski definition) is 1. The average molecular weight is 238 g/mol. The van der Waals surface area contributed by atoms with Crippen LogP contribution in [0.4, 0.5) is 0 Å². The van der Waals surface area contributed by atoms with Crippen molar-refractivity contribution in [2.75, 3.05) is 40.3 Å². The van der Waals surface area contributed by atoms with Crippen molar-refractivity contribution in [3.8, 4) is 6.07 Å². The molecule has 4 nitrogen and oxygen atoms in total. The molecular formula is C13H26N4. The second kappa shape index (κ2) is 6.34. The molecule has 4 heteroatoms. The van der Waals surface area contributed by atoms with Crippen LogP contribution in [0.5, 0.6) is 0 Å². The third kappa shape index (κ3) is 4.27. The molecule has 1 N–H and O–H groups in total. The van der Waals surface area contributed by atoms with Crippen molar-refractivity contribution in [1.29, 1.82) is 5.26 Å². The van der Waals surface area contributed by atoms with E-state index in [0.29, 0.717) is 6.04 Å². The first-order valence-electron chi connectivity index (χ1n) is 6.54. The Morgan fingerprint density at radius 2 is 1.94 bits per heavy atom. The minimum absolute atomic E-state index is 0.290. The lowest BCUT2D eigenvalue weighted by Crippen LogP contribution is -2.54.